The van der Waals surface area contributed by atoms with Crippen molar-refractivity contribution in [3.8, 4) is 5.75 Å². The standard InChI is InChI=1S/C25H28BN3O5S2/c1-16-5-4-6-17(2)23(16)29-36(31,32)20-10-8-19(9-11-20)27-25(35)28-24(30)18-7-12-22(21(26)15-18)34-14-13-33-3/h4-12,15,29H,13-14,26H2,1-3H3,(H2,27,28,30,35). The molecule has 1 amide bonds. The Morgan fingerprint density at radius 3 is 2.28 bits per heavy atom. The molecule has 0 bridgehead atoms. The number of thiocarbonyl (C=S) groups is 1. The summed E-state index contributed by atoms with van der Waals surface area (Å²) >= 11 is 5.25. The van der Waals surface area contributed by atoms with Crippen molar-refractivity contribution >= 4 is 57.9 Å². The van der Waals surface area contributed by atoms with Crippen molar-refractivity contribution < 1.29 is 22.7 Å². The lowest BCUT2D eigenvalue weighted by atomic mass is 9.93. The van der Waals surface area contributed by atoms with Crippen LogP contribution < -0.4 is 25.6 Å². The highest BCUT2D eigenvalue weighted by Crippen LogP contribution is 2.24. The molecule has 188 valence electrons. The summed E-state index contributed by atoms with van der Waals surface area (Å²) in [6.45, 7) is 4.58. The predicted octanol–water partition coefficient (Wildman–Crippen LogP) is 2.51. The van der Waals surface area contributed by atoms with Crippen LogP contribution in [-0.4, -0.2) is 47.6 Å². The Kier molecular flexibility index (Phi) is 9.08. The molecule has 0 aromatic heterocycles. The molecule has 0 saturated heterocycles. The van der Waals surface area contributed by atoms with Gasteiger partial charge in [-0.05, 0) is 79.1 Å². The monoisotopic (exact) mass is 525 g/mol. The highest BCUT2D eigenvalue weighted by molar-refractivity contribution is 7.92. The van der Waals surface area contributed by atoms with Gasteiger partial charge in [0.05, 0.1) is 17.2 Å². The number of methoxy groups -OCH3 is 1. The van der Waals surface area contributed by atoms with Gasteiger partial charge in [0.2, 0.25) is 0 Å². The van der Waals surface area contributed by atoms with Crippen LogP contribution in [0.3, 0.4) is 0 Å². The van der Waals surface area contributed by atoms with E-state index in [2.05, 4.69) is 15.4 Å². The number of benzene rings is 3. The Morgan fingerprint density at radius 2 is 1.67 bits per heavy atom. The normalized spacial score (nSPS) is 11.0. The van der Waals surface area contributed by atoms with E-state index in [9.17, 15) is 13.2 Å². The van der Waals surface area contributed by atoms with Crippen molar-refractivity contribution in [2.45, 2.75) is 18.7 Å². The fourth-order valence-electron chi connectivity index (χ4n) is 3.41. The first-order valence-corrected chi connectivity index (χ1v) is 13.0. The third-order valence-electron chi connectivity index (χ3n) is 5.35. The summed E-state index contributed by atoms with van der Waals surface area (Å²) in [6.07, 6.45) is 0. The van der Waals surface area contributed by atoms with Gasteiger partial charge < -0.3 is 14.8 Å². The molecule has 3 rings (SSSR count). The van der Waals surface area contributed by atoms with Gasteiger partial charge >= 0.3 is 0 Å². The molecule has 0 spiro atoms. The first-order valence-electron chi connectivity index (χ1n) is 11.1. The number of ether oxygens (including phenoxy) is 2. The largest absolute Gasteiger partial charge is 0.492 e. The smallest absolute Gasteiger partial charge is 0.261 e. The van der Waals surface area contributed by atoms with E-state index in [1.165, 1.54) is 12.1 Å². The van der Waals surface area contributed by atoms with Crippen LogP contribution in [0.25, 0.3) is 0 Å². The van der Waals surface area contributed by atoms with Gasteiger partial charge in [-0.2, -0.15) is 0 Å². The number of anilines is 2. The second-order valence-electron chi connectivity index (χ2n) is 8.13. The fourth-order valence-corrected chi connectivity index (χ4v) is 4.82. The maximum atomic E-state index is 12.8. The molecule has 0 aliphatic heterocycles. The molecule has 0 radical (unpaired) electrons. The summed E-state index contributed by atoms with van der Waals surface area (Å²) in [5.74, 6) is 0.294. The summed E-state index contributed by atoms with van der Waals surface area (Å²) in [5, 5.41) is 5.60. The summed E-state index contributed by atoms with van der Waals surface area (Å²) in [4.78, 5) is 12.7. The van der Waals surface area contributed by atoms with E-state index in [1.54, 1.807) is 37.4 Å². The molecule has 0 unspecified atom stereocenters. The third kappa shape index (κ3) is 7.06. The number of para-hydroxylation sites is 1. The zero-order valence-electron chi connectivity index (χ0n) is 20.5. The minimum atomic E-state index is -3.77. The molecule has 36 heavy (non-hydrogen) atoms. The van der Waals surface area contributed by atoms with E-state index in [0.29, 0.717) is 35.9 Å². The van der Waals surface area contributed by atoms with Gasteiger partial charge in [0.1, 0.15) is 20.2 Å². The lowest BCUT2D eigenvalue weighted by Crippen LogP contribution is -2.34. The van der Waals surface area contributed by atoms with Gasteiger partial charge in [0, 0.05) is 18.4 Å². The number of aryl methyl sites for hydroxylation is 2. The molecule has 0 saturated carbocycles. The van der Waals surface area contributed by atoms with Crippen molar-refractivity contribution in [3.05, 3.63) is 77.4 Å². The molecule has 0 heterocycles. The van der Waals surface area contributed by atoms with Gasteiger partial charge in [0.15, 0.2) is 5.11 Å². The van der Waals surface area contributed by atoms with Crippen LogP contribution in [0.1, 0.15) is 21.5 Å². The van der Waals surface area contributed by atoms with Gasteiger partial charge in [-0.1, -0.05) is 24.3 Å². The molecular weight excluding hydrogens is 497 g/mol. The van der Waals surface area contributed by atoms with E-state index < -0.39 is 10.0 Å². The van der Waals surface area contributed by atoms with Gasteiger partial charge in [-0.15, -0.1) is 0 Å². The first-order chi connectivity index (χ1) is 17.1. The highest BCUT2D eigenvalue weighted by atomic mass is 32.2. The van der Waals surface area contributed by atoms with Gasteiger partial charge in [0.25, 0.3) is 15.9 Å². The average molecular weight is 525 g/mol. The maximum absolute atomic E-state index is 12.8. The highest BCUT2D eigenvalue weighted by Gasteiger charge is 2.17. The second-order valence-corrected chi connectivity index (χ2v) is 10.2. The Labute approximate surface area is 217 Å². The number of sulfonamides is 1. The topological polar surface area (TPSA) is 106 Å². The van der Waals surface area contributed by atoms with Crippen LogP contribution in [0.15, 0.2) is 65.6 Å². The van der Waals surface area contributed by atoms with Crippen LogP contribution in [0.2, 0.25) is 0 Å². The van der Waals surface area contributed by atoms with Crippen molar-refractivity contribution in [2.75, 3.05) is 30.4 Å². The molecule has 11 heteroatoms. The molecule has 0 fully saturated rings. The lowest BCUT2D eigenvalue weighted by molar-refractivity contribution is 0.0977. The molecule has 8 nitrogen and oxygen atoms in total. The van der Waals surface area contributed by atoms with E-state index >= 15 is 0 Å². The SMILES string of the molecule is Bc1cc(C(=O)NC(=S)Nc2ccc(S(=O)(=O)Nc3c(C)cccc3C)cc2)ccc1OCCOC. The number of hydrogen-bond donors (Lipinski definition) is 3. The number of carbonyl (C=O) groups is 1. The van der Waals surface area contributed by atoms with E-state index in [4.69, 9.17) is 21.7 Å². The number of amides is 1. The van der Waals surface area contributed by atoms with Crippen LogP contribution in [0, 0.1) is 13.8 Å². The Bertz CT molecular complexity index is 1340. The second kappa shape index (κ2) is 12.0. The molecular formula is C25H28BN3O5S2. The van der Waals surface area contributed by atoms with E-state index in [0.717, 1.165) is 16.6 Å². The summed E-state index contributed by atoms with van der Waals surface area (Å²) in [6, 6.07) is 16.7. The molecule has 0 aliphatic carbocycles. The number of carbonyl (C=O) groups excluding carboxylic acids is 1. The van der Waals surface area contributed by atoms with Crippen LogP contribution in [-0.2, 0) is 14.8 Å². The molecule has 3 N–H and O–H groups in total. The average Bonchev–Trinajstić information content (AvgIpc) is 2.83. The van der Waals surface area contributed by atoms with Crippen LogP contribution in [0.5, 0.6) is 5.75 Å². The zero-order chi connectivity index (χ0) is 26.3. The molecule has 0 atom stereocenters. The maximum Gasteiger partial charge on any atom is 0.261 e. The number of hydrogen-bond acceptors (Lipinski definition) is 6. The minimum absolute atomic E-state index is 0.0855. The van der Waals surface area contributed by atoms with E-state index in [1.807, 2.05) is 39.9 Å². The minimum Gasteiger partial charge on any atom is -0.492 e. The van der Waals surface area contributed by atoms with Crippen molar-refractivity contribution in [3.63, 3.8) is 0 Å². The summed E-state index contributed by atoms with van der Waals surface area (Å²) in [5.41, 5.74) is 4.00. The third-order valence-corrected chi connectivity index (χ3v) is 6.92. The fraction of sp³-hybridized carbons (Fsp3) is 0.200. The summed E-state index contributed by atoms with van der Waals surface area (Å²) in [7, 11) is -0.325. The van der Waals surface area contributed by atoms with E-state index in [-0.39, 0.29) is 15.9 Å². The Hall–Kier alpha value is -3.41. The lowest BCUT2D eigenvalue weighted by Gasteiger charge is -2.14. The van der Waals surface area contributed by atoms with Crippen LogP contribution in [0.4, 0.5) is 11.4 Å². The van der Waals surface area contributed by atoms with Gasteiger partial charge in [-0.3, -0.25) is 14.8 Å². The quantitative estimate of drug-likeness (QED) is 0.224. The number of nitrogens with one attached hydrogen (secondary N) is 3. The Balaban J connectivity index is 1.61. The van der Waals surface area contributed by atoms with Crippen molar-refractivity contribution in [1.82, 2.24) is 5.32 Å². The van der Waals surface area contributed by atoms with Crippen molar-refractivity contribution in [1.29, 1.82) is 0 Å². The van der Waals surface area contributed by atoms with Gasteiger partial charge in [-0.25, -0.2) is 8.42 Å². The van der Waals surface area contributed by atoms with Crippen molar-refractivity contribution in [2.24, 2.45) is 0 Å². The first kappa shape index (κ1) is 27.2. The molecule has 3 aromatic rings. The molecule has 3 aromatic carbocycles. The summed E-state index contributed by atoms with van der Waals surface area (Å²) < 4.78 is 38.9. The zero-order valence-corrected chi connectivity index (χ0v) is 22.2. The predicted molar refractivity (Wildman–Crippen MR) is 149 cm³/mol. The number of rotatable bonds is 9. The van der Waals surface area contributed by atoms with Crippen LogP contribution >= 0.6 is 12.2 Å². The molecule has 0 aliphatic rings. The Morgan fingerprint density at radius 1 is 1.00 bits per heavy atom.